The second-order valence-corrected chi connectivity index (χ2v) is 8.78. The monoisotopic (exact) mass is 234 g/mol. The van der Waals surface area contributed by atoms with E-state index in [1.165, 1.54) is 5.19 Å². The minimum atomic E-state index is -1.52. The normalized spacial score (nSPS) is 11.9. The molecule has 0 aromatic heterocycles. The van der Waals surface area contributed by atoms with Gasteiger partial charge in [-0.3, -0.25) is 4.79 Å². The van der Waals surface area contributed by atoms with E-state index < -0.39 is 14.0 Å². The summed E-state index contributed by atoms with van der Waals surface area (Å²) in [4.78, 5) is 10.4. The Morgan fingerprint density at radius 1 is 1.31 bits per heavy atom. The number of allylic oxidation sites excluding steroid dienone is 1. The van der Waals surface area contributed by atoms with Crippen LogP contribution < -0.4 is 5.19 Å². The first-order valence-corrected chi connectivity index (χ1v) is 8.55. The lowest BCUT2D eigenvalue weighted by Crippen LogP contribution is -2.39. The van der Waals surface area contributed by atoms with Crippen LogP contribution in [0.25, 0.3) is 0 Å². The van der Waals surface area contributed by atoms with E-state index in [0.717, 1.165) is 0 Å². The first-order chi connectivity index (χ1) is 7.52. The third kappa shape index (κ3) is 4.02. The van der Waals surface area contributed by atoms with Crippen LogP contribution in [0.1, 0.15) is 12.8 Å². The molecule has 1 aromatic carbocycles. The Balaban J connectivity index is 2.61. The first kappa shape index (κ1) is 12.7. The van der Waals surface area contributed by atoms with Gasteiger partial charge in [0.2, 0.25) is 0 Å². The minimum absolute atomic E-state index is 0.218. The fourth-order valence-electron chi connectivity index (χ4n) is 1.55. The molecule has 0 unspecified atom stereocenters. The quantitative estimate of drug-likeness (QED) is 0.795. The Kier molecular flexibility index (Phi) is 4.49. The van der Waals surface area contributed by atoms with Gasteiger partial charge in [0.25, 0.3) is 0 Å². The van der Waals surface area contributed by atoms with E-state index in [1.54, 1.807) is 0 Å². The van der Waals surface area contributed by atoms with Crippen molar-refractivity contribution >= 4 is 19.2 Å². The van der Waals surface area contributed by atoms with Gasteiger partial charge >= 0.3 is 5.97 Å². The van der Waals surface area contributed by atoms with Gasteiger partial charge in [-0.25, -0.2) is 0 Å². The Morgan fingerprint density at radius 2 is 1.94 bits per heavy atom. The second-order valence-electron chi connectivity index (χ2n) is 4.42. The summed E-state index contributed by atoms with van der Waals surface area (Å²) in [5.41, 5.74) is 2.21. The molecule has 0 amide bonds. The molecule has 0 spiro atoms. The van der Waals surface area contributed by atoms with Crippen molar-refractivity contribution in [2.75, 3.05) is 0 Å². The fourth-order valence-corrected chi connectivity index (χ4v) is 3.55. The van der Waals surface area contributed by atoms with Crippen LogP contribution in [0.2, 0.25) is 13.1 Å². The van der Waals surface area contributed by atoms with E-state index >= 15 is 0 Å². The van der Waals surface area contributed by atoms with E-state index in [4.69, 9.17) is 5.11 Å². The molecule has 0 radical (unpaired) electrons. The number of carboxylic acid groups (broad SMARTS) is 1. The first-order valence-electron chi connectivity index (χ1n) is 5.47. The van der Waals surface area contributed by atoms with Crippen LogP contribution in [0.3, 0.4) is 0 Å². The van der Waals surface area contributed by atoms with Gasteiger partial charge in [0.05, 0.1) is 0 Å². The number of benzene rings is 1. The van der Waals surface area contributed by atoms with E-state index in [2.05, 4.69) is 43.1 Å². The number of hydrogen-bond acceptors (Lipinski definition) is 1. The lowest BCUT2D eigenvalue weighted by atomic mass is 10.3. The zero-order valence-electron chi connectivity index (χ0n) is 9.81. The van der Waals surface area contributed by atoms with Crippen molar-refractivity contribution in [2.24, 2.45) is 0 Å². The topological polar surface area (TPSA) is 37.3 Å². The molecule has 0 heterocycles. The summed E-state index contributed by atoms with van der Waals surface area (Å²) in [5.74, 6) is -0.733. The van der Waals surface area contributed by atoms with Crippen LogP contribution in [-0.4, -0.2) is 19.1 Å². The lowest BCUT2D eigenvalue weighted by molar-refractivity contribution is -0.136. The van der Waals surface area contributed by atoms with Gasteiger partial charge in [0, 0.05) is 6.42 Å². The third-order valence-electron chi connectivity index (χ3n) is 2.58. The molecule has 86 valence electrons. The summed E-state index contributed by atoms with van der Waals surface area (Å²) in [6, 6.07) is 10.4. The van der Waals surface area contributed by atoms with Gasteiger partial charge in [-0.15, -0.1) is 0 Å². The summed E-state index contributed by atoms with van der Waals surface area (Å²) >= 11 is 0. The molecule has 3 heteroatoms. The van der Waals surface area contributed by atoms with E-state index in [9.17, 15) is 4.79 Å². The minimum Gasteiger partial charge on any atom is -0.481 e. The fraction of sp³-hybridized carbons (Fsp3) is 0.308. The van der Waals surface area contributed by atoms with Crippen LogP contribution in [-0.2, 0) is 4.79 Å². The molecular formula is C13H18O2Si. The molecule has 0 fully saturated rings. The zero-order valence-corrected chi connectivity index (χ0v) is 10.8. The van der Waals surface area contributed by atoms with Crippen molar-refractivity contribution in [1.82, 2.24) is 0 Å². The van der Waals surface area contributed by atoms with E-state index in [1.807, 2.05) is 12.1 Å². The average molecular weight is 234 g/mol. The van der Waals surface area contributed by atoms with E-state index in [0.29, 0.717) is 6.42 Å². The molecule has 0 atom stereocenters. The van der Waals surface area contributed by atoms with Gasteiger partial charge < -0.3 is 5.11 Å². The van der Waals surface area contributed by atoms with Crippen molar-refractivity contribution in [3.8, 4) is 0 Å². The van der Waals surface area contributed by atoms with Crippen LogP contribution in [0.5, 0.6) is 0 Å². The number of rotatable bonds is 5. The molecule has 0 aliphatic carbocycles. The van der Waals surface area contributed by atoms with Crippen LogP contribution in [0, 0.1) is 0 Å². The molecule has 0 saturated heterocycles. The number of aliphatic carboxylic acids is 1. The van der Waals surface area contributed by atoms with Crippen molar-refractivity contribution in [3.63, 3.8) is 0 Å². The van der Waals surface area contributed by atoms with Crippen LogP contribution in [0.15, 0.2) is 42.1 Å². The molecule has 1 aromatic rings. The molecule has 1 N–H and O–H groups in total. The predicted molar refractivity (Wildman–Crippen MR) is 69.6 cm³/mol. The van der Waals surface area contributed by atoms with Gasteiger partial charge in [-0.05, 0) is 6.42 Å². The summed E-state index contributed by atoms with van der Waals surface area (Å²) in [6.45, 7) is 4.53. The van der Waals surface area contributed by atoms with Gasteiger partial charge in [-0.1, -0.05) is 60.4 Å². The summed E-state index contributed by atoms with van der Waals surface area (Å²) in [7, 11) is -1.52. The summed E-state index contributed by atoms with van der Waals surface area (Å²) < 4.78 is 0. The highest BCUT2D eigenvalue weighted by molar-refractivity contribution is 6.93. The van der Waals surface area contributed by atoms with Crippen molar-refractivity contribution in [3.05, 3.63) is 42.1 Å². The highest BCUT2D eigenvalue weighted by Gasteiger charge is 2.18. The molecule has 0 aliphatic heterocycles. The highest BCUT2D eigenvalue weighted by atomic mass is 28.3. The molecule has 0 aliphatic rings. The Hall–Kier alpha value is -1.35. The van der Waals surface area contributed by atoms with Crippen LogP contribution >= 0.6 is 0 Å². The largest absolute Gasteiger partial charge is 0.481 e. The lowest BCUT2D eigenvalue weighted by Gasteiger charge is -2.18. The maximum atomic E-state index is 10.4. The smallest absolute Gasteiger partial charge is 0.303 e. The number of hydrogen-bond donors (Lipinski definition) is 1. The molecule has 16 heavy (non-hydrogen) atoms. The second kappa shape index (κ2) is 5.65. The van der Waals surface area contributed by atoms with Crippen molar-refractivity contribution < 1.29 is 9.90 Å². The summed E-state index contributed by atoms with van der Waals surface area (Å²) in [6.07, 6.45) is 2.85. The van der Waals surface area contributed by atoms with Crippen molar-refractivity contribution in [2.45, 2.75) is 25.9 Å². The molecular weight excluding hydrogens is 216 g/mol. The SMILES string of the molecule is C[Si](C)(/C=C/CCC(=O)O)c1ccccc1. The average Bonchev–Trinajstić information content (AvgIpc) is 2.26. The Bertz CT molecular complexity index is 369. The third-order valence-corrected chi connectivity index (χ3v) is 5.47. The zero-order chi connectivity index (χ0) is 12.0. The van der Waals surface area contributed by atoms with Gasteiger partial charge in [-0.2, -0.15) is 0 Å². The molecule has 1 rings (SSSR count). The van der Waals surface area contributed by atoms with Crippen LogP contribution in [0.4, 0.5) is 0 Å². The number of carbonyl (C=O) groups is 1. The van der Waals surface area contributed by atoms with Gasteiger partial charge in [0.15, 0.2) is 0 Å². The Labute approximate surface area is 97.6 Å². The van der Waals surface area contributed by atoms with E-state index in [-0.39, 0.29) is 6.42 Å². The number of carboxylic acids is 1. The highest BCUT2D eigenvalue weighted by Crippen LogP contribution is 2.06. The maximum Gasteiger partial charge on any atom is 0.303 e. The molecule has 0 saturated carbocycles. The molecule has 0 bridgehead atoms. The van der Waals surface area contributed by atoms with Crippen molar-refractivity contribution in [1.29, 1.82) is 0 Å². The summed E-state index contributed by atoms with van der Waals surface area (Å²) in [5, 5.41) is 9.91. The Morgan fingerprint density at radius 3 is 2.50 bits per heavy atom. The maximum absolute atomic E-state index is 10.4. The predicted octanol–water partition coefficient (Wildman–Crippen LogP) is 2.56. The molecule has 2 nitrogen and oxygen atoms in total. The standard InChI is InChI=1S/C13H18O2Si/c1-16(2,11-7-6-10-13(14)15)12-8-4-3-5-9-12/h3-5,7-9,11H,6,10H2,1-2H3,(H,14,15)/b11-7+. The van der Waals surface area contributed by atoms with Gasteiger partial charge in [0.1, 0.15) is 8.07 Å².